The van der Waals surface area contributed by atoms with Crippen molar-refractivity contribution in [3.63, 3.8) is 0 Å². The number of sulfonamides is 1. The molecule has 0 N–H and O–H groups in total. The Hall–Kier alpha value is -1.76. The van der Waals surface area contributed by atoms with Gasteiger partial charge in [0.05, 0.1) is 19.1 Å². The van der Waals surface area contributed by atoms with Crippen molar-refractivity contribution in [1.82, 2.24) is 4.31 Å². The molecule has 1 aliphatic carbocycles. The number of halogens is 1. The third kappa shape index (κ3) is 5.41. The van der Waals surface area contributed by atoms with Crippen LogP contribution in [0.4, 0.5) is 0 Å². The van der Waals surface area contributed by atoms with Gasteiger partial charge in [0.2, 0.25) is 10.0 Å². The lowest BCUT2D eigenvalue weighted by Gasteiger charge is -2.43. The average Bonchev–Trinajstić information content (AvgIpc) is 2.77. The van der Waals surface area contributed by atoms with Gasteiger partial charge in [-0.05, 0) is 72.6 Å². The summed E-state index contributed by atoms with van der Waals surface area (Å²) in [4.78, 5) is 0.267. The van der Waals surface area contributed by atoms with Gasteiger partial charge >= 0.3 is 0 Å². The lowest BCUT2D eigenvalue weighted by atomic mass is 9.74. The fourth-order valence-corrected chi connectivity index (χ4v) is 6.56. The molecular formula is C25H34ClNO4S. The standard InChI is InChI=1S/C25H34ClNO4S/c1-17(2)22-12-6-18(3)14-23(22)27(32(28,29)21-10-8-20(26)9-11-21)16-19-7-13-24(30-4)25(15-19)31-5/h7-11,13,15,17-18,22-23H,6,12,14,16H2,1-5H3/t18?,22-,23+/m0/s1. The van der Waals surface area contributed by atoms with Gasteiger partial charge in [-0.2, -0.15) is 4.31 Å². The van der Waals surface area contributed by atoms with E-state index in [-0.39, 0.29) is 17.5 Å². The summed E-state index contributed by atoms with van der Waals surface area (Å²) in [6.07, 6.45) is 3.01. The van der Waals surface area contributed by atoms with E-state index in [0.717, 1.165) is 24.8 Å². The summed E-state index contributed by atoms with van der Waals surface area (Å²) in [7, 11) is -0.565. The minimum atomic E-state index is -3.74. The first-order valence-corrected chi connectivity index (χ1v) is 13.0. The van der Waals surface area contributed by atoms with Crippen molar-refractivity contribution >= 4 is 21.6 Å². The molecule has 0 aliphatic heterocycles. The topological polar surface area (TPSA) is 55.8 Å². The lowest BCUT2D eigenvalue weighted by Crippen LogP contribution is -2.48. The first-order valence-electron chi connectivity index (χ1n) is 11.2. The van der Waals surface area contributed by atoms with Crippen molar-refractivity contribution in [2.24, 2.45) is 17.8 Å². The first kappa shape index (κ1) is 24.9. The predicted octanol–water partition coefficient (Wildman–Crippen LogP) is 6.01. The quantitative estimate of drug-likeness (QED) is 0.465. The second-order valence-electron chi connectivity index (χ2n) is 9.09. The fourth-order valence-electron chi connectivity index (χ4n) is 4.76. The van der Waals surface area contributed by atoms with Crippen LogP contribution in [0.1, 0.15) is 45.6 Å². The van der Waals surface area contributed by atoms with E-state index in [0.29, 0.717) is 34.3 Å². The Morgan fingerprint density at radius 2 is 1.69 bits per heavy atom. The summed E-state index contributed by atoms with van der Waals surface area (Å²) in [5.41, 5.74) is 0.862. The van der Waals surface area contributed by atoms with Crippen LogP contribution < -0.4 is 9.47 Å². The van der Waals surface area contributed by atoms with Crippen LogP contribution in [0.3, 0.4) is 0 Å². The Kier molecular flexibility index (Phi) is 8.12. The largest absolute Gasteiger partial charge is 0.493 e. The highest BCUT2D eigenvalue weighted by Crippen LogP contribution is 2.40. The normalized spacial score (nSPS) is 21.7. The van der Waals surface area contributed by atoms with Gasteiger partial charge in [-0.1, -0.05) is 44.9 Å². The van der Waals surface area contributed by atoms with E-state index in [2.05, 4.69) is 20.8 Å². The summed E-state index contributed by atoms with van der Waals surface area (Å²) in [5, 5.41) is 0.515. The smallest absolute Gasteiger partial charge is 0.243 e. The Balaban J connectivity index is 2.07. The third-order valence-electron chi connectivity index (χ3n) is 6.56. The average molecular weight is 480 g/mol. The fraction of sp³-hybridized carbons (Fsp3) is 0.520. The minimum absolute atomic E-state index is 0.0764. The molecule has 0 saturated heterocycles. The van der Waals surface area contributed by atoms with Gasteiger partial charge in [-0.25, -0.2) is 8.42 Å². The lowest BCUT2D eigenvalue weighted by molar-refractivity contribution is 0.110. The summed E-state index contributed by atoms with van der Waals surface area (Å²) < 4.78 is 40.4. The van der Waals surface area contributed by atoms with Crippen molar-refractivity contribution in [2.45, 2.75) is 57.5 Å². The second-order valence-corrected chi connectivity index (χ2v) is 11.4. The number of ether oxygens (including phenoxy) is 2. The van der Waals surface area contributed by atoms with E-state index in [1.807, 2.05) is 18.2 Å². The van der Waals surface area contributed by atoms with Crippen LogP contribution in [0.5, 0.6) is 11.5 Å². The van der Waals surface area contributed by atoms with Crippen LogP contribution in [0.2, 0.25) is 5.02 Å². The molecule has 0 spiro atoms. The number of benzene rings is 2. The molecule has 5 nitrogen and oxygen atoms in total. The van der Waals surface area contributed by atoms with Gasteiger partial charge in [0.25, 0.3) is 0 Å². The van der Waals surface area contributed by atoms with E-state index in [9.17, 15) is 8.42 Å². The Labute approximate surface area is 197 Å². The Morgan fingerprint density at radius 1 is 1.03 bits per heavy atom. The zero-order chi connectivity index (χ0) is 23.5. The van der Waals surface area contributed by atoms with E-state index in [1.54, 1.807) is 42.8 Å². The molecule has 3 atom stereocenters. The highest BCUT2D eigenvalue weighted by molar-refractivity contribution is 7.89. The first-order chi connectivity index (χ1) is 15.2. The highest BCUT2D eigenvalue weighted by atomic mass is 35.5. The summed E-state index contributed by atoms with van der Waals surface area (Å²) >= 11 is 6.03. The Morgan fingerprint density at radius 3 is 2.28 bits per heavy atom. The van der Waals surface area contributed by atoms with Crippen LogP contribution in [0, 0.1) is 17.8 Å². The van der Waals surface area contributed by atoms with Crippen LogP contribution in [-0.2, 0) is 16.6 Å². The molecule has 0 bridgehead atoms. The Bertz CT molecular complexity index is 1010. The van der Waals surface area contributed by atoms with Gasteiger partial charge in [0.15, 0.2) is 11.5 Å². The molecule has 1 fully saturated rings. The van der Waals surface area contributed by atoms with Crippen molar-refractivity contribution < 1.29 is 17.9 Å². The van der Waals surface area contributed by atoms with Gasteiger partial charge < -0.3 is 9.47 Å². The number of hydrogen-bond acceptors (Lipinski definition) is 4. The van der Waals surface area contributed by atoms with Crippen LogP contribution in [-0.4, -0.2) is 33.0 Å². The molecule has 2 aromatic rings. The van der Waals surface area contributed by atoms with E-state index < -0.39 is 10.0 Å². The summed E-state index contributed by atoms with van der Waals surface area (Å²) in [5.74, 6) is 2.37. The number of nitrogens with zero attached hydrogens (tertiary/aromatic N) is 1. The van der Waals surface area contributed by atoms with Gasteiger partial charge in [-0.3, -0.25) is 0 Å². The number of hydrogen-bond donors (Lipinski definition) is 0. The molecule has 7 heteroatoms. The molecule has 0 radical (unpaired) electrons. The molecule has 0 aromatic heterocycles. The maximum Gasteiger partial charge on any atom is 0.243 e. The van der Waals surface area contributed by atoms with Gasteiger partial charge in [-0.15, -0.1) is 0 Å². The minimum Gasteiger partial charge on any atom is -0.493 e. The number of rotatable bonds is 8. The van der Waals surface area contributed by atoms with Crippen LogP contribution in [0.15, 0.2) is 47.4 Å². The van der Waals surface area contributed by atoms with Gasteiger partial charge in [0.1, 0.15) is 0 Å². The van der Waals surface area contributed by atoms with E-state index in [1.165, 1.54) is 0 Å². The SMILES string of the molecule is COc1ccc(CN([C@@H]2CC(C)CC[C@H]2C(C)C)S(=O)(=O)c2ccc(Cl)cc2)cc1OC. The van der Waals surface area contributed by atoms with Crippen molar-refractivity contribution in [2.75, 3.05) is 14.2 Å². The third-order valence-corrected chi connectivity index (χ3v) is 8.70. The van der Waals surface area contributed by atoms with Crippen molar-refractivity contribution in [3.8, 4) is 11.5 Å². The maximum absolute atomic E-state index is 13.9. The predicted molar refractivity (Wildman–Crippen MR) is 129 cm³/mol. The highest BCUT2D eigenvalue weighted by Gasteiger charge is 2.40. The monoisotopic (exact) mass is 479 g/mol. The molecule has 176 valence electrons. The van der Waals surface area contributed by atoms with Crippen molar-refractivity contribution in [3.05, 3.63) is 53.1 Å². The molecule has 1 saturated carbocycles. The second kappa shape index (κ2) is 10.4. The van der Waals surface area contributed by atoms with Crippen LogP contribution >= 0.6 is 11.6 Å². The molecule has 1 aliphatic rings. The molecule has 3 rings (SSSR count). The zero-order valence-corrected chi connectivity index (χ0v) is 21.1. The molecule has 0 heterocycles. The van der Waals surface area contributed by atoms with E-state index in [4.69, 9.17) is 21.1 Å². The molecule has 1 unspecified atom stereocenters. The van der Waals surface area contributed by atoms with Gasteiger partial charge in [0, 0.05) is 17.6 Å². The number of methoxy groups -OCH3 is 2. The molecular weight excluding hydrogens is 446 g/mol. The van der Waals surface area contributed by atoms with E-state index >= 15 is 0 Å². The molecule has 0 amide bonds. The summed E-state index contributed by atoms with van der Waals surface area (Å²) in [6, 6.07) is 12.0. The molecule has 32 heavy (non-hydrogen) atoms. The van der Waals surface area contributed by atoms with Crippen molar-refractivity contribution in [1.29, 1.82) is 0 Å². The maximum atomic E-state index is 13.9. The zero-order valence-electron chi connectivity index (χ0n) is 19.5. The van der Waals surface area contributed by atoms with Crippen LogP contribution in [0.25, 0.3) is 0 Å². The summed E-state index contributed by atoms with van der Waals surface area (Å²) in [6.45, 7) is 6.87. The molecule has 2 aromatic carbocycles.